The zero-order valence-electron chi connectivity index (χ0n) is 25.1. The number of hydrogen-bond acceptors (Lipinski definition) is 4. The Morgan fingerprint density at radius 2 is 1.67 bits per heavy atom. The number of aliphatic imine (C=N–C) groups is 1. The van der Waals surface area contributed by atoms with Gasteiger partial charge in [0.05, 0.1) is 18.2 Å². The minimum Gasteiger partial charge on any atom is -0.481 e. The van der Waals surface area contributed by atoms with Crippen molar-refractivity contribution in [2.75, 3.05) is 13.2 Å². The van der Waals surface area contributed by atoms with E-state index in [4.69, 9.17) is 26.4 Å². The lowest BCUT2D eigenvalue weighted by atomic mass is 9.71. The van der Waals surface area contributed by atoms with Crippen LogP contribution in [0.3, 0.4) is 0 Å². The minimum atomic E-state index is -0.942. The number of carboxylic acids is 1. The van der Waals surface area contributed by atoms with Gasteiger partial charge in [-0.2, -0.15) is 4.99 Å². The molecule has 1 saturated carbocycles. The molecule has 2 aliphatic rings. The van der Waals surface area contributed by atoms with Crippen molar-refractivity contribution in [3.8, 4) is 11.1 Å². The minimum absolute atomic E-state index is 0.0292. The van der Waals surface area contributed by atoms with Crippen LogP contribution >= 0.6 is 11.6 Å². The molecule has 0 spiro atoms. The number of halogens is 1. The molecule has 1 aliphatic heterocycles. The van der Waals surface area contributed by atoms with Crippen molar-refractivity contribution in [1.82, 2.24) is 10.2 Å². The Labute approximate surface area is 258 Å². The van der Waals surface area contributed by atoms with Crippen LogP contribution in [0.2, 0.25) is 5.02 Å². The molecule has 3 aromatic carbocycles. The SMILES string of the molecule is CC(C)(C)C1CCC(N2C(=Nc3cccc(-c4ccc(Cl)cc4)c3)OCC2c2ccc(C(=O)NCCC(=O)O)cc2)CC1. The van der Waals surface area contributed by atoms with Crippen LogP contribution in [0.15, 0.2) is 77.8 Å². The number of carboxylic acid groups (broad SMARTS) is 1. The van der Waals surface area contributed by atoms with Gasteiger partial charge in [0.1, 0.15) is 6.61 Å². The number of rotatable bonds is 8. The molecular formula is C35H40ClN3O4. The summed E-state index contributed by atoms with van der Waals surface area (Å²) in [7, 11) is 0. The quantitative estimate of drug-likeness (QED) is 0.274. The highest BCUT2D eigenvalue weighted by molar-refractivity contribution is 6.30. The third-order valence-electron chi connectivity index (χ3n) is 8.67. The van der Waals surface area contributed by atoms with Gasteiger partial charge in [-0.1, -0.05) is 68.8 Å². The Hall–Kier alpha value is -3.84. The Bertz CT molecular complexity index is 1460. The van der Waals surface area contributed by atoms with Crippen molar-refractivity contribution in [2.24, 2.45) is 16.3 Å². The zero-order valence-corrected chi connectivity index (χ0v) is 25.8. The van der Waals surface area contributed by atoms with Crippen LogP contribution in [0.1, 0.15) is 74.8 Å². The summed E-state index contributed by atoms with van der Waals surface area (Å²) in [5, 5.41) is 12.2. The van der Waals surface area contributed by atoms with Gasteiger partial charge in [-0.15, -0.1) is 0 Å². The first-order valence-corrected chi connectivity index (χ1v) is 15.4. The number of amidine groups is 1. The molecule has 226 valence electrons. The van der Waals surface area contributed by atoms with Gasteiger partial charge in [0, 0.05) is 23.2 Å². The van der Waals surface area contributed by atoms with Gasteiger partial charge in [-0.05, 0) is 90.1 Å². The van der Waals surface area contributed by atoms with E-state index in [-0.39, 0.29) is 30.3 Å². The Balaban J connectivity index is 1.40. The maximum absolute atomic E-state index is 12.5. The number of ether oxygens (including phenoxy) is 1. The highest BCUT2D eigenvalue weighted by Crippen LogP contribution is 2.42. The van der Waals surface area contributed by atoms with E-state index >= 15 is 0 Å². The molecule has 2 N–H and O–H groups in total. The van der Waals surface area contributed by atoms with Crippen LogP contribution < -0.4 is 5.32 Å². The summed E-state index contributed by atoms with van der Waals surface area (Å²) in [5.74, 6) is -0.542. The molecule has 1 saturated heterocycles. The first-order valence-electron chi connectivity index (χ1n) is 15.0. The van der Waals surface area contributed by atoms with E-state index in [0.717, 1.165) is 48.1 Å². The molecule has 1 atom stereocenters. The molecule has 5 rings (SSSR count). The summed E-state index contributed by atoms with van der Waals surface area (Å²) < 4.78 is 6.32. The van der Waals surface area contributed by atoms with Crippen LogP contribution in [-0.4, -0.2) is 47.1 Å². The van der Waals surface area contributed by atoms with Gasteiger partial charge in [0.25, 0.3) is 11.9 Å². The van der Waals surface area contributed by atoms with Gasteiger partial charge >= 0.3 is 5.97 Å². The van der Waals surface area contributed by atoms with E-state index in [2.05, 4.69) is 43.1 Å². The number of nitrogens with zero attached hydrogens (tertiary/aromatic N) is 2. The van der Waals surface area contributed by atoms with Crippen molar-refractivity contribution in [2.45, 2.75) is 65.0 Å². The third-order valence-corrected chi connectivity index (χ3v) is 8.92. The van der Waals surface area contributed by atoms with E-state index in [1.807, 2.05) is 48.5 Å². The van der Waals surface area contributed by atoms with E-state index in [9.17, 15) is 9.59 Å². The summed E-state index contributed by atoms with van der Waals surface area (Å²) in [6.07, 6.45) is 4.34. The number of carbonyl (C=O) groups is 2. The highest BCUT2D eigenvalue weighted by Gasteiger charge is 2.40. The van der Waals surface area contributed by atoms with Crippen LogP contribution in [0.25, 0.3) is 11.1 Å². The number of aliphatic carboxylic acids is 1. The van der Waals surface area contributed by atoms with Crippen molar-refractivity contribution in [1.29, 1.82) is 0 Å². The maximum atomic E-state index is 12.5. The van der Waals surface area contributed by atoms with Crippen molar-refractivity contribution < 1.29 is 19.4 Å². The molecular weight excluding hydrogens is 562 g/mol. The lowest BCUT2D eigenvalue weighted by Crippen LogP contribution is -2.42. The molecule has 8 heteroatoms. The Morgan fingerprint density at radius 3 is 2.33 bits per heavy atom. The van der Waals surface area contributed by atoms with E-state index in [1.54, 1.807) is 12.1 Å². The van der Waals surface area contributed by atoms with Gasteiger partial charge in [-0.3, -0.25) is 9.59 Å². The van der Waals surface area contributed by atoms with Crippen molar-refractivity contribution in [3.63, 3.8) is 0 Å². The zero-order chi connectivity index (χ0) is 30.6. The molecule has 2 fully saturated rings. The average molecular weight is 602 g/mol. The molecule has 1 aliphatic carbocycles. The summed E-state index contributed by atoms with van der Waals surface area (Å²) in [6.45, 7) is 7.56. The van der Waals surface area contributed by atoms with Crippen LogP contribution in [0, 0.1) is 11.3 Å². The van der Waals surface area contributed by atoms with Crippen molar-refractivity contribution >= 4 is 35.2 Å². The highest BCUT2D eigenvalue weighted by atomic mass is 35.5. The lowest BCUT2D eigenvalue weighted by Gasteiger charge is -2.41. The Kier molecular flexibility index (Phi) is 9.40. The lowest BCUT2D eigenvalue weighted by molar-refractivity contribution is -0.136. The summed E-state index contributed by atoms with van der Waals surface area (Å²) in [6, 6.07) is 24.4. The van der Waals surface area contributed by atoms with Gasteiger partial charge in [-0.25, -0.2) is 0 Å². The summed E-state index contributed by atoms with van der Waals surface area (Å²) >= 11 is 6.10. The first kappa shape index (κ1) is 30.6. The molecule has 0 aromatic heterocycles. The Morgan fingerprint density at radius 1 is 0.977 bits per heavy atom. The fraction of sp³-hybridized carbons (Fsp3) is 0.400. The number of benzene rings is 3. The second-order valence-corrected chi connectivity index (χ2v) is 13.0. The van der Waals surface area contributed by atoms with E-state index < -0.39 is 5.97 Å². The normalized spacial score (nSPS) is 21.4. The molecule has 7 nitrogen and oxygen atoms in total. The molecule has 1 amide bonds. The average Bonchev–Trinajstić information content (AvgIpc) is 3.40. The number of nitrogens with one attached hydrogen (secondary N) is 1. The largest absolute Gasteiger partial charge is 0.481 e. The van der Waals surface area contributed by atoms with Gasteiger partial charge in [0.2, 0.25) is 0 Å². The molecule has 3 aromatic rings. The molecule has 43 heavy (non-hydrogen) atoms. The standard InChI is InChI=1S/C35H40ClN3O4/c1-35(2,3)27-13-17-30(18-14-27)39-31(24-7-9-25(10-8-24)33(42)37-20-19-32(40)41)22-43-34(39)38-29-6-4-5-26(21-29)23-11-15-28(36)16-12-23/h4-12,15-16,21,27,30-31H,13-14,17-20,22H2,1-3H3,(H,37,42)(H,40,41). The van der Waals surface area contributed by atoms with Crippen LogP contribution in [0.5, 0.6) is 0 Å². The van der Waals surface area contributed by atoms with E-state index in [1.165, 1.54) is 0 Å². The predicted octanol–water partition coefficient (Wildman–Crippen LogP) is 7.88. The molecule has 0 bridgehead atoms. The monoisotopic (exact) mass is 601 g/mol. The van der Waals surface area contributed by atoms with Crippen LogP contribution in [-0.2, 0) is 9.53 Å². The summed E-state index contributed by atoms with van der Waals surface area (Å²) in [5.41, 5.74) is 4.79. The smallest absolute Gasteiger partial charge is 0.305 e. The van der Waals surface area contributed by atoms with Gasteiger partial charge < -0.3 is 20.1 Å². The third kappa shape index (κ3) is 7.57. The van der Waals surface area contributed by atoms with Gasteiger partial charge in [0.15, 0.2) is 0 Å². The fourth-order valence-corrected chi connectivity index (χ4v) is 6.29. The number of hydrogen-bond donors (Lipinski definition) is 2. The fourth-order valence-electron chi connectivity index (χ4n) is 6.17. The molecule has 1 heterocycles. The molecule has 0 radical (unpaired) electrons. The maximum Gasteiger partial charge on any atom is 0.305 e. The van der Waals surface area contributed by atoms with Crippen LogP contribution in [0.4, 0.5) is 5.69 Å². The summed E-state index contributed by atoms with van der Waals surface area (Å²) in [4.78, 5) is 30.7. The second-order valence-electron chi connectivity index (χ2n) is 12.6. The van der Waals surface area contributed by atoms with Crippen molar-refractivity contribution in [3.05, 3.63) is 88.9 Å². The van der Waals surface area contributed by atoms with E-state index in [0.29, 0.717) is 35.2 Å². The second kappa shape index (κ2) is 13.2. The number of amides is 1. The predicted molar refractivity (Wildman–Crippen MR) is 171 cm³/mol. The topological polar surface area (TPSA) is 91.2 Å². The first-order chi connectivity index (χ1) is 20.6. The number of carbonyl (C=O) groups excluding carboxylic acids is 1. The molecule has 1 unspecified atom stereocenters.